The Morgan fingerprint density at radius 3 is 2.61 bits per heavy atom. The van der Waals surface area contributed by atoms with Crippen molar-refractivity contribution in [3.05, 3.63) is 47.1 Å². The fourth-order valence-electron chi connectivity index (χ4n) is 3.41. The maximum atomic E-state index is 13.2. The van der Waals surface area contributed by atoms with Gasteiger partial charge in [0.05, 0.1) is 24.0 Å². The third kappa shape index (κ3) is 4.34. The van der Waals surface area contributed by atoms with Crippen LogP contribution in [0, 0.1) is 0 Å². The smallest absolute Gasteiger partial charge is 0.273 e. The van der Waals surface area contributed by atoms with Crippen molar-refractivity contribution in [2.45, 2.75) is 39.0 Å². The van der Waals surface area contributed by atoms with Gasteiger partial charge in [-0.05, 0) is 12.5 Å². The van der Waals surface area contributed by atoms with Gasteiger partial charge in [-0.25, -0.2) is 9.99 Å². The molecule has 0 unspecified atom stereocenters. The van der Waals surface area contributed by atoms with Gasteiger partial charge in [-0.2, -0.15) is 5.10 Å². The number of hydrazine groups is 1. The van der Waals surface area contributed by atoms with Gasteiger partial charge in [0.25, 0.3) is 5.91 Å². The van der Waals surface area contributed by atoms with E-state index in [0.717, 1.165) is 17.1 Å². The average molecular weight is 440 g/mol. The van der Waals surface area contributed by atoms with Gasteiger partial charge in [-0.3, -0.25) is 29.2 Å². The van der Waals surface area contributed by atoms with Crippen molar-refractivity contribution in [3.8, 4) is 10.7 Å². The maximum Gasteiger partial charge on any atom is 0.290 e. The second-order valence-electron chi connectivity index (χ2n) is 8.50. The van der Waals surface area contributed by atoms with Crippen molar-refractivity contribution in [2.75, 3.05) is 13.1 Å². The molecule has 10 heteroatoms. The molecule has 1 aliphatic heterocycles. The minimum absolute atomic E-state index is 0.124. The molecule has 162 valence electrons. The first kappa shape index (κ1) is 21.1. The summed E-state index contributed by atoms with van der Waals surface area (Å²) in [5, 5.41) is 10.1. The number of thiazole rings is 1. The van der Waals surface area contributed by atoms with Crippen molar-refractivity contribution in [1.82, 2.24) is 34.8 Å². The van der Waals surface area contributed by atoms with Crippen LogP contribution in [0.2, 0.25) is 0 Å². The van der Waals surface area contributed by atoms with Crippen LogP contribution in [0.3, 0.4) is 0 Å². The first-order valence-electron chi connectivity index (χ1n) is 10.1. The first-order chi connectivity index (χ1) is 14.7. The van der Waals surface area contributed by atoms with E-state index in [-0.39, 0.29) is 23.7 Å². The molecule has 0 radical (unpaired) electrons. The molecule has 0 saturated carbocycles. The zero-order chi connectivity index (χ0) is 22.2. The van der Waals surface area contributed by atoms with E-state index in [2.05, 4.69) is 40.8 Å². The van der Waals surface area contributed by atoms with Crippen LogP contribution >= 0.6 is 11.3 Å². The highest BCUT2D eigenvalue weighted by molar-refractivity contribution is 7.13. The molecule has 3 aromatic rings. The Morgan fingerprint density at radius 1 is 1.16 bits per heavy atom. The van der Waals surface area contributed by atoms with Gasteiger partial charge in [0, 0.05) is 43.3 Å². The second kappa shape index (κ2) is 8.18. The van der Waals surface area contributed by atoms with E-state index in [1.807, 2.05) is 11.4 Å². The highest BCUT2D eigenvalue weighted by atomic mass is 32.1. The van der Waals surface area contributed by atoms with Gasteiger partial charge < -0.3 is 0 Å². The van der Waals surface area contributed by atoms with Gasteiger partial charge >= 0.3 is 0 Å². The highest BCUT2D eigenvalue weighted by Gasteiger charge is 2.34. The largest absolute Gasteiger partial charge is 0.290 e. The molecule has 1 aliphatic rings. The van der Waals surface area contributed by atoms with Crippen LogP contribution in [-0.4, -0.2) is 59.7 Å². The fraction of sp³-hybridized carbons (Fsp3) is 0.429. The minimum atomic E-state index is -0.213. The lowest BCUT2D eigenvalue weighted by molar-refractivity contribution is -0.139. The molecule has 0 spiro atoms. The second-order valence-corrected chi connectivity index (χ2v) is 9.36. The SMILES string of the molecule is Cn1nc(C(C)(C)C)cc1C(=O)N1CCCN1C(=O)Cc1csc(-c2cnccn2)n1. The third-order valence-electron chi connectivity index (χ3n) is 5.09. The predicted octanol–water partition coefficient (Wildman–Crippen LogP) is 2.46. The summed E-state index contributed by atoms with van der Waals surface area (Å²) in [6.07, 6.45) is 5.72. The number of carbonyl (C=O) groups excluding carboxylic acids is 2. The number of aromatic nitrogens is 5. The van der Waals surface area contributed by atoms with E-state index in [1.165, 1.54) is 21.4 Å². The van der Waals surface area contributed by atoms with Gasteiger partial charge in [0.1, 0.15) is 16.4 Å². The molecule has 4 heterocycles. The molecule has 9 nitrogen and oxygen atoms in total. The Balaban J connectivity index is 1.48. The molecule has 1 saturated heterocycles. The molecule has 1 fully saturated rings. The average Bonchev–Trinajstić information content (AvgIpc) is 3.47. The van der Waals surface area contributed by atoms with Crippen molar-refractivity contribution in [1.29, 1.82) is 0 Å². The monoisotopic (exact) mass is 439 g/mol. The Kier molecular flexibility index (Phi) is 5.57. The lowest BCUT2D eigenvalue weighted by atomic mass is 9.92. The van der Waals surface area contributed by atoms with Gasteiger partial charge in [-0.1, -0.05) is 20.8 Å². The van der Waals surface area contributed by atoms with Crippen LogP contribution in [0.4, 0.5) is 0 Å². The van der Waals surface area contributed by atoms with Crippen molar-refractivity contribution < 1.29 is 9.59 Å². The normalized spacial score (nSPS) is 14.3. The summed E-state index contributed by atoms with van der Waals surface area (Å²) in [4.78, 5) is 39.0. The molecule has 0 bridgehead atoms. The van der Waals surface area contributed by atoms with E-state index in [1.54, 1.807) is 30.3 Å². The van der Waals surface area contributed by atoms with Crippen LogP contribution < -0.4 is 0 Å². The zero-order valence-corrected chi connectivity index (χ0v) is 18.9. The first-order valence-corrected chi connectivity index (χ1v) is 11.0. The van der Waals surface area contributed by atoms with E-state index in [0.29, 0.717) is 30.2 Å². The topological polar surface area (TPSA) is 97.1 Å². The predicted molar refractivity (Wildman–Crippen MR) is 116 cm³/mol. The standard InChI is InChI=1S/C21H25N7O2S/c1-21(2,3)17-11-16(26(4)25-17)20(30)28-9-5-8-27(28)18(29)10-14-13-31-19(24-14)15-12-22-6-7-23-15/h6-7,11-13H,5,8-10H2,1-4H3. The van der Waals surface area contributed by atoms with Crippen LogP contribution in [0.15, 0.2) is 30.0 Å². The Morgan fingerprint density at radius 2 is 1.94 bits per heavy atom. The molecule has 31 heavy (non-hydrogen) atoms. The van der Waals surface area contributed by atoms with E-state index < -0.39 is 0 Å². The maximum absolute atomic E-state index is 13.2. The molecular weight excluding hydrogens is 414 g/mol. The summed E-state index contributed by atoms with van der Waals surface area (Å²) in [6.45, 7) is 7.17. The number of amides is 2. The van der Waals surface area contributed by atoms with E-state index in [4.69, 9.17) is 0 Å². The highest BCUT2D eigenvalue weighted by Crippen LogP contribution is 2.24. The van der Waals surface area contributed by atoms with Gasteiger partial charge in [-0.15, -0.1) is 11.3 Å². The summed E-state index contributed by atoms with van der Waals surface area (Å²) >= 11 is 1.42. The molecule has 3 aromatic heterocycles. The summed E-state index contributed by atoms with van der Waals surface area (Å²) in [5.41, 5.74) is 2.49. The van der Waals surface area contributed by atoms with Gasteiger partial charge in [0.2, 0.25) is 5.91 Å². The van der Waals surface area contributed by atoms with Crippen LogP contribution in [0.1, 0.15) is 49.1 Å². The molecule has 2 amide bonds. The lowest BCUT2D eigenvalue weighted by Crippen LogP contribution is -2.46. The van der Waals surface area contributed by atoms with E-state index >= 15 is 0 Å². The quantitative estimate of drug-likeness (QED) is 0.620. The van der Waals surface area contributed by atoms with Crippen molar-refractivity contribution >= 4 is 23.2 Å². The lowest BCUT2D eigenvalue weighted by Gasteiger charge is -2.27. The summed E-state index contributed by atoms with van der Waals surface area (Å²) < 4.78 is 1.59. The Labute approximate surface area is 184 Å². The Hall–Kier alpha value is -3.14. The van der Waals surface area contributed by atoms with Crippen molar-refractivity contribution in [2.24, 2.45) is 7.05 Å². The molecular formula is C21H25N7O2S. The fourth-order valence-corrected chi connectivity index (χ4v) is 4.19. The van der Waals surface area contributed by atoms with E-state index in [9.17, 15) is 9.59 Å². The molecule has 0 atom stereocenters. The number of hydrogen-bond acceptors (Lipinski definition) is 7. The number of rotatable bonds is 4. The minimum Gasteiger partial charge on any atom is -0.273 e. The summed E-state index contributed by atoms with van der Waals surface area (Å²) in [7, 11) is 1.76. The summed E-state index contributed by atoms with van der Waals surface area (Å²) in [5.74, 6) is -0.366. The van der Waals surface area contributed by atoms with Crippen LogP contribution in [-0.2, 0) is 23.7 Å². The number of nitrogens with zero attached hydrogens (tertiary/aromatic N) is 7. The molecule has 4 rings (SSSR count). The van der Waals surface area contributed by atoms with Crippen molar-refractivity contribution in [3.63, 3.8) is 0 Å². The van der Waals surface area contributed by atoms with Gasteiger partial charge in [0.15, 0.2) is 0 Å². The summed E-state index contributed by atoms with van der Waals surface area (Å²) in [6, 6.07) is 1.82. The third-order valence-corrected chi connectivity index (χ3v) is 6.00. The number of carbonyl (C=O) groups is 2. The zero-order valence-electron chi connectivity index (χ0n) is 18.1. The number of aryl methyl sites for hydroxylation is 1. The Bertz CT molecular complexity index is 1100. The molecule has 0 aliphatic carbocycles. The van der Waals surface area contributed by atoms with Crippen LogP contribution in [0.25, 0.3) is 10.7 Å². The molecule has 0 N–H and O–H groups in total. The number of hydrogen-bond donors (Lipinski definition) is 0. The molecule has 0 aromatic carbocycles. The van der Waals surface area contributed by atoms with Crippen LogP contribution in [0.5, 0.6) is 0 Å².